The van der Waals surface area contributed by atoms with Crippen molar-refractivity contribution < 1.29 is 13.9 Å². The van der Waals surface area contributed by atoms with Crippen molar-refractivity contribution >= 4 is 34.1 Å². The summed E-state index contributed by atoms with van der Waals surface area (Å²) in [6, 6.07) is 21.8. The number of nitrogens with two attached hydrogens (primary N) is 1. The average Bonchev–Trinajstić information content (AvgIpc) is 3.27. The molecule has 0 fully saturated rings. The third-order valence-corrected chi connectivity index (χ3v) is 6.87. The van der Waals surface area contributed by atoms with E-state index >= 15 is 0 Å². The van der Waals surface area contributed by atoms with Crippen molar-refractivity contribution in [2.24, 2.45) is 5.73 Å². The fraction of sp³-hybridized carbons (Fsp3) is 0.185. The van der Waals surface area contributed by atoms with Crippen LogP contribution in [-0.2, 0) is 11.2 Å². The molecule has 0 atom stereocenters. The Morgan fingerprint density at radius 3 is 2.54 bits per heavy atom. The second-order valence-corrected chi connectivity index (χ2v) is 9.85. The molecule has 3 aromatic carbocycles. The van der Waals surface area contributed by atoms with Crippen molar-refractivity contribution in [3.8, 4) is 27.4 Å². The Morgan fingerprint density at radius 1 is 1.09 bits per heavy atom. The molecule has 1 heterocycles. The first-order valence-corrected chi connectivity index (χ1v) is 13.1. The van der Waals surface area contributed by atoms with Crippen LogP contribution in [-0.4, -0.2) is 23.4 Å². The SMILES string of the molecule is CCCOc1ccc(-c2nc(NC(=O)Cc3cccc(SCN)c3)sc2-c2ccc(F)cc2)cc1. The van der Waals surface area contributed by atoms with Gasteiger partial charge in [0, 0.05) is 16.3 Å². The van der Waals surface area contributed by atoms with Gasteiger partial charge in [0.2, 0.25) is 5.91 Å². The summed E-state index contributed by atoms with van der Waals surface area (Å²) in [5.74, 6) is 0.808. The van der Waals surface area contributed by atoms with Gasteiger partial charge in [0.1, 0.15) is 11.6 Å². The number of rotatable bonds is 10. The van der Waals surface area contributed by atoms with Crippen LogP contribution >= 0.6 is 23.1 Å². The van der Waals surface area contributed by atoms with Gasteiger partial charge in [-0.25, -0.2) is 9.37 Å². The zero-order chi connectivity index (χ0) is 24.6. The standard InChI is InChI=1S/C27H26FN3O2S2/c1-2-14-33-22-12-8-19(9-13-22)25-26(20-6-10-21(28)11-7-20)35-27(31-25)30-24(32)16-18-4-3-5-23(15-18)34-17-29/h3-13,15H,2,14,16-17,29H2,1H3,(H,30,31,32). The van der Waals surface area contributed by atoms with E-state index in [1.54, 1.807) is 12.1 Å². The molecule has 0 saturated heterocycles. The summed E-state index contributed by atoms with van der Waals surface area (Å²) >= 11 is 2.89. The maximum absolute atomic E-state index is 13.5. The van der Waals surface area contributed by atoms with E-state index < -0.39 is 0 Å². The number of aromatic nitrogens is 1. The molecular formula is C27H26FN3O2S2. The summed E-state index contributed by atoms with van der Waals surface area (Å²) in [6.45, 7) is 2.71. The Balaban J connectivity index is 1.59. The third kappa shape index (κ3) is 6.69. The minimum Gasteiger partial charge on any atom is -0.494 e. The normalized spacial score (nSPS) is 10.8. The molecule has 3 N–H and O–H groups in total. The first-order chi connectivity index (χ1) is 17.1. The van der Waals surface area contributed by atoms with E-state index in [0.29, 0.717) is 17.6 Å². The zero-order valence-electron chi connectivity index (χ0n) is 19.3. The Hall–Kier alpha value is -3.20. The first kappa shape index (κ1) is 24.9. The highest BCUT2D eigenvalue weighted by molar-refractivity contribution is 7.99. The summed E-state index contributed by atoms with van der Waals surface area (Å²) in [4.78, 5) is 19.4. The van der Waals surface area contributed by atoms with Gasteiger partial charge in [-0.3, -0.25) is 4.79 Å². The van der Waals surface area contributed by atoms with E-state index in [0.717, 1.165) is 44.3 Å². The maximum atomic E-state index is 13.5. The molecule has 1 aromatic heterocycles. The second kappa shape index (κ2) is 12.0. The van der Waals surface area contributed by atoms with E-state index in [4.69, 9.17) is 15.5 Å². The summed E-state index contributed by atoms with van der Waals surface area (Å²) in [7, 11) is 0. The number of benzene rings is 3. The largest absolute Gasteiger partial charge is 0.494 e. The highest BCUT2D eigenvalue weighted by Gasteiger charge is 2.17. The Labute approximate surface area is 212 Å². The summed E-state index contributed by atoms with van der Waals surface area (Å²) in [5, 5.41) is 3.42. The van der Waals surface area contributed by atoms with Crippen LogP contribution in [0.15, 0.2) is 77.7 Å². The predicted octanol–water partition coefficient (Wildman–Crippen LogP) is 6.59. The zero-order valence-corrected chi connectivity index (χ0v) is 20.9. The number of thiazole rings is 1. The lowest BCUT2D eigenvalue weighted by Crippen LogP contribution is -2.14. The van der Waals surface area contributed by atoms with Crippen LogP contribution in [0.1, 0.15) is 18.9 Å². The van der Waals surface area contributed by atoms with Gasteiger partial charge < -0.3 is 15.8 Å². The number of hydrogen-bond acceptors (Lipinski definition) is 6. The Kier molecular flexibility index (Phi) is 8.52. The fourth-order valence-electron chi connectivity index (χ4n) is 3.49. The van der Waals surface area contributed by atoms with Crippen molar-refractivity contribution in [1.82, 2.24) is 4.98 Å². The molecule has 4 aromatic rings. The van der Waals surface area contributed by atoms with Crippen molar-refractivity contribution in [3.63, 3.8) is 0 Å². The van der Waals surface area contributed by atoms with Crippen LogP contribution in [0.5, 0.6) is 5.75 Å². The van der Waals surface area contributed by atoms with Gasteiger partial charge in [0.15, 0.2) is 5.13 Å². The third-order valence-electron chi connectivity index (χ3n) is 5.09. The number of thioether (sulfide) groups is 1. The number of carbonyl (C=O) groups excluding carboxylic acids is 1. The van der Waals surface area contributed by atoms with Gasteiger partial charge in [-0.1, -0.05) is 42.5 Å². The number of nitrogens with one attached hydrogen (secondary N) is 1. The maximum Gasteiger partial charge on any atom is 0.230 e. The van der Waals surface area contributed by atoms with E-state index in [-0.39, 0.29) is 18.1 Å². The lowest BCUT2D eigenvalue weighted by molar-refractivity contribution is -0.115. The highest BCUT2D eigenvalue weighted by atomic mass is 32.2. The van der Waals surface area contributed by atoms with Crippen LogP contribution in [0.4, 0.5) is 9.52 Å². The number of carbonyl (C=O) groups is 1. The Morgan fingerprint density at radius 2 is 1.83 bits per heavy atom. The lowest BCUT2D eigenvalue weighted by atomic mass is 10.1. The van der Waals surface area contributed by atoms with Gasteiger partial charge in [-0.15, -0.1) is 11.8 Å². The monoisotopic (exact) mass is 507 g/mol. The lowest BCUT2D eigenvalue weighted by Gasteiger charge is -2.06. The van der Waals surface area contributed by atoms with E-state index in [1.807, 2.05) is 48.5 Å². The molecular weight excluding hydrogens is 481 g/mol. The molecule has 0 radical (unpaired) electrons. The topological polar surface area (TPSA) is 77.2 Å². The molecule has 0 saturated carbocycles. The summed E-state index contributed by atoms with van der Waals surface area (Å²) in [5.41, 5.74) is 8.95. The van der Waals surface area contributed by atoms with Crippen LogP contribution in [0.25, 0.3) is 21.7 Å². The molecule has 0 spiro atoms. The van der Waals surface area contributed by atoms with E-state index in [9.17, 15) is 9.18 Å². The molecule has 4 rings (SSSR count). The van der Waals surface area contributed by atoms with Crippen molar-refractivity contribution in [2.45, 2.75) is 24.7 Å². The smallest absolute Gasteiger partial charge is 0.230 e. The van der Waals surface area contributed by atoms with Gasteiger partial charge in [0.05, 0.1) is 23.6 Å². The fourth-order valence-corrected chi connectivity index (χ4v) is 5.10. The average molecular weight is 508 g/mol. The highest BCUT2D eigenvalue weighted by Crippen LogP contribution is 2.39. The molecule has 5 nitrogen and oxygen atoms in total. The molecule has 0 aliphatic heterocycles. The van der Waals surface area contributed by atoms with Crippen molar-refractivity contribution in [2.75, 3.05) is 17.8 Å². The number of amides is 1. The van der Waals surface area contributed by atoms with Gasteiger partial charge in [-0.2, -0.15) is 0 Å². The molecule has 0 bridgehead atoms. The minimum atomic E-state index is -0.305. The van der Waals surface area contributed by atoms with Crippen molar-refractivity contribution in [3.05, 3.63) is 84.2 Å². The van der Waals surface area contributed by atoms with Gasteiger partial charge in [-0.05, 0) is 66.1 Å². The van der Waals surface area contributed by atoms with E-state index in [1.165, 1.54) is 35.2 Å². The molecule has 180 valence electrons. The second-order valence-electron chi connectivity index (χ2n) is 7.76. The number of anilines is 1. The first-order valence-electron chi connectivity index (χ1n) is 11.3. The molecule has 0 aliphatic carbocycles. The van der Waals surface area contributed by atoms with Crippen LogP contribution in [0, 0.1) is 5.82 Å². The van der Waals surface area contributed by atoms with Crippen LogP contribution in [0.3, 0.4) is 0 Å². The molecule has 8 heteroatoms. The van der Waals surface area contributed by atoms with Gasteiger partial charge in [0.25, 0.3) is 0 Å². The van der Waals surface area contributed by atoms with Gasteiger partial charge >= 0.3 is 0 Å². The molecule has 0 aliphatic rings. The molecule has 1 amide bonds. The Bertz CT molecular complexity index is 1270. The predicted molar refractivity (Wildman–Crippen MR) is 142 cm³/mol. The number of hydrogen-bond donors (Lipinski definition) is 2. The summed E-state index contributed by atoms with van der Waals surface area (Å²) < 4.78 is 19.2. The number of halogens is 1. The molecule has 0 unspecified atom stereocenters. The molecule has 35 heavy (non-hydrogen) atoms. The number of nitrogens with zero attached hydrogens (tertiary/aromatic N) is 1. The van der Waals surface area contributed by atoms with Crippen molar-refractivity contribution in [1.29, 1.82) is 0 Å². The van der Waals surface area contributed by atoms with Crippen LogP contribution in [0.2, 0.25) is 0 Å². The number of ether oxygens (including phenoxy) is 1. The van der Waals surface area contributed by atoms with Crippen LogP contribution < -0.4 is 15.8 Å². The van der Waals surface area contributed by atoms with E-state index in [2.05, 4.69) is 12.2 Å². The quantitative estimate of drug-likeness (QED) is 0.187. The minimum absolute atomic E-state index is 0.158. The summed E-state index contributed by atoms with van der Waals surface area (Å²) in [6.07, 6.45) is 1.16.